The number of hydrogen-bond donors (Lipinski definition) is 2. The number of aromatic amines is 1. The van der Waals surface area contributed by atoms with Crippen LogP contribution < -0.4 is 5.32 Å². The van der Waals surface area contributed by atoms with Crippen LogP contribution in [0, 0.1) is 13.8 Å². The van der Waals surface area contributed by atoms with Crippen LogP contribution in [0.1, 0.15) is 22.5 Å². The zero-order valence-corrected chi connectivity index (χ0v) is 14.9. The highest BCUT2D eigenvalue weighted by atomic mass is 16.3. The van der Waals surface area contributed by atoms with E-state index in [2.05, 4.69) is 28.3 Å². The number of para-hydroxylation sites is 2. The molecule has 2 aromatic carbocycles. The van der Waals surface area contributed by atoms with Gasteiger partial charge in [0.15, 0.2) is 0 Å². The third-order valence-corrected chi connectivity index (χ3v) is 4.82. The monoisotopic (exact) mass is 347 g/mol. The fourth-order valence-corrected chi connectivity index (χ4v) is 3.21. The van der Waals surface area contributed by atoms with Crippen LogP contribution in [-0.2, 0) is 17.6 Å². The summed E-state index contributed by atoms with van der Waals surface area (Å²) in [5.41, 5.74) is 6.07. The minimum Gasteiger partial charge on any atom is -0.464 e. The lowest BCUT2D eigenvalue weighted by Gasteiger charge is -2.04. The molecule has 0 atom stereocenters. The van der Waals surface area contributed by atoms with E-state index < -0.39 is 0 Å². The summed E-state index contributed by atoms with van der Waals surface area (Å²) >= 11 is 0. The molecule has 0 fully saturated rings. The molecule has 1 amide bonds. The Balaban J connectivity index is 1.37. The highest BCUT2D eigenvalue weighted by Gasteiger charge is 2.13. The quantitative estimate of drug-likeness (QED) is 0.576. The van der Waals surface area contributed by atoms with Crippen LogP contribution in [0.4, 0.5) is 0 Å². The fourth-order valence-electron chi connectivity index (χ4n) is 3.21. The first-order chi connectivity index (χ1) is 12.6. The van der Waals surface area contributed by atoms with E-state index in [1.807, 2.05) is 37.3 Å². The van der Waals surface area contributed by atoms with E-state index in [4.69, 9.17) is 4.42 Å². The van der Waals surface area contributed by atoms with Crippen LogP contribution >= 0.6 is 0 Å². The number of imidazole rings is 1. The SMILES string of the molecule is Cc1ccc2c(CC(=O)NCCc3nc4ccccc4[nH]3)coc2c1C. The summed E-state index contributed by atoms with van der Waals surface area (Å²) < 4.78 is 5.67. The topological polar surface area (TPSA) is 70.9 Å². The number of aryl methyl sites for hydroxylation is 2. The van der Waals surface area contributed by atoms with Crippen molar-refractivity contribution in [2.75, 3.05) is 6.54 Å². The van der Waals surface area contributed by atoms with Gasteiger partial charge in [-0.15, -0.1) is 0 Å². The first kappa shape index (κ1) is 16.4. The van der Waals surface area contributed by atoms with Gasteiger partial charge in [0.25, 0.3) is 0 Å². The molecule has 0 unspecified atom stereocenters. The van der Waals surface area contributed by atoms with Crippen LogP contribution in [-0.4, -0.2) is 22.4 Å². The van der Waals surface area contributed by atoms with Gasteiger partial charge in [-0.1, -0.05) is 24.3 Å². The fraction of sp³-hybridized carbons (Fsp3) is 0.238. The van der Waals surface area contributed by atoms with Gasteiger partial charge in [0.1, 0.15) is 11.4 Å². The molecule has 0 saturated carbocycles. The Hall–Kier alpha value is -3.08. The third kappa shape index (κ3) is 3.08. The molecule has 2 N–H and O–H groups in total. The molecule has 0 aliphatic heterocycles. The molecule has 4 rings (SSSR count). The molecular weight excluding hydrogens is 326 g/mol. The molecule has 0 bridgehead atoms. The molecule has 5 heteroatoms. The number of furan rings is 1. The predicted octanol–water partition coefficient (Wildman–Crippen LogP) is 3.83. The Labute approximate surface area is 151 Å². The molecule has 0 radical (unpaired) electrons. The van der Waals surface area contributed by atoms with E-state index in [-0.39, 0.29) is 5.91 Å². The Kier molecular flexibility index (Phi) is 4.21. The van der Waals surface area contributed by atoms with Crippen LogP contribution in [0.25, 0.3) is 22.0 Å². The lowest BCUT2D eigenvalue weighted by atomic mass is 10.0. The van der Waals surface area contributed by atoms with E-state index >= 15 is 0 Å². The van der Waals surface area contributed by atoms with Gasteiger partial charge in [-0.25, -0.2) is 4.98 Å². The summed E-state index contributed by atoms with van der Waals surface area (Å²) in [6, 6.07) is 12.0. The lowest BCUT2D eigenvalue weighted by molar-refractivity contribution is -0.120. The number of nitrogens with zero attached hydrogens (tertiary/aromatic N) is 1. The van der Waals surface area contributed by atoms with Crippen molar-refractivity contribution in [1.82, 2.24) is 15.3 Å². The van der Waals surface area contributed by atoms with Gasteiger partial charge < -0.3 is 14.7 Å². The minimum atomic E-state index is -0.0120. The van der Waals surface area contributed by atoms with Gasteiger partial charge in [0.2, 0.25) is 5.91 Å². The minimum absolute atomic E-state index is 0.0120. The second-order valence-electron chi connectivity index (χ2n) is 6.62. The standard InChI is InChI=1S/C21H21N3O2/c1-13-7-8-16-15(12-26-21(16)14(13)2)11-20(25)22-10-9-19-23-17-5-3-4-6-18(17)24-19/h3-8,12H,9-11H2,1-2H3,(H,22,25)(H,23,24). The van der Waals surface area contributed by atoms with Crippen molar-refractivity contribution in [2.24, 2.45) is 0 Å². The normalized spacial score (nSPS) is 11.3. The van der Waals surface area contributed by atoms with Crippen LogP contribution in [0.2, 0.25) is 0 Å². The summed E-state index contributed by atoms with van der Waals surface area (Å²) in [4.78, 5) is 20.1. The van der Waals surface area contributed by atoms with Crippen molar-refractivity contribution in [3.63, 3.8) is 0 Å². The zero-order valence-electron chi connectivity index (χ0n) is 14.9. The molecule has 26 heavy (non-hydrogen) atoms. The number of H-pyrrole nitrogens is 1. The van der Waals surface area contributed by atoms with Gasteiger partial charge in [-0.3, -0.25) is 4.79 Å². The summed E-state index contributed by atoms with van der Waals surface area (Å²) in [5.74, 6) is 0.869. The third-order valence-electron chi connectivity index (χ3n) is 4.82. The Morgan fingerprint density at radius 3 is 2.88 bits per heavy atom. The molecule has 4 aromatic rings. The Morgan fingerprint density at radius 2 is 2.04 bits per heavy atom. The Bertz CT molecular complexity index is 1060. The molecule has 0 aliphatic rings. The molecule has 2 heterocycles. The van der Waals surface area contributed by atoms with Crippen molar-refractivity contribution >= 4 is 27.9 Å². The number of hydrogen-bond acceptors (Lipinski definition) is 3. The van der Waals surface area contributed by atoms with E-state index in [1.54, 1.807) is 6.26 Å². The Morgan fingerprint density at radius 1 is 1.19 bits per heavy atom. The van der Waals surface area contributed by atoms with Gasteiger partial charge in [-0.2, -0.15) is 0 Å². The highest BCUT2D eigenvalue weighted by molar-refractivity contribution is 5.89. The lowest BCUT2D eigenvalue weighted by Crippen LogP contribution is -2.27. The molecule has 2 aromatic heterocycles. The maximum absolute atomic E-state index is 12.3. The molecule has 0 spiro atoms. The van der Waals surface area contributed by atoms with Gasteiger partial charge >= 0.3 is 0 Å². The molecule has 132 valence electrons. The van der Waals surface area contributed by atoms with Crippen molar-refractivity contribution in [3.8, 4) is 0 Å². The van der Waals surface area contributed by atoms with Gasteiger partial charge in [0, 0.05) is 23.9 Å². The van der Waals surface area contributed by atoms with Gasteiger partial charge in [-0.05, 0) is 37.1 Å². The van der Waals surface area contributed by atoms with E-state index in [0.29, 0.717) is 19.4 Å². The molecule has 5 nitrogen and oxygen atoms in total. The van der Waals surface area contributed by atoms with Crippen LogP contribution in [0.15, 0.2) is 47.1 Å². The van der Waals surface area contributed by atoms with Crippen molar-refractivity contribution in [2.45, 2.75) is 26.7 Å². The average molecular weight is 347 g/mol. The molecule has 0 saturated heterocycles. The summed E-state index contributed by atoms with van der Waals surface area (Å²) in [5, 5.41) is 3.98. The second-order valence-corrected chi connectivity index (χ2v) is 6.62. The number of amides is 1. The number of rotatable bonds is 5. The van der Waals surface area contributed by atoms with Gasteiger partial charge in [0.05, 0.1) is 23.7 Å². The number of benzene rings is 2. The number of carbonyl (C=O) groups is 1. The van der Waals surface area contributed by atoms with E-state index in [9.17, 15) is 4.79 Å². The summed E-state index contributed by atoms with van der Waals surface area (Å²) in [6.07, 6.45) is 2.68. The zero-order chi connectivity index (χ0) is 18.1. The van der Waals surface area contributed by atoms with Crippen LogP contribution in [0.3, 0.4) is 0 Å². The number of fused-ring (bicyclic) bond motifs is 2. The van der Waals surface area contributed by atoms with Crippen LogP contribution in [0.5, 0.6) is 0 Å². The molecular formula is C21H21N3O2. The smallest absolute Gasteiger partial charge is 0.224 e. The maximum Gasteiger partial charge on any atom is 0.224 e. The number of aromatic nitrogens is 2. The molecule has 0 aliphatic carbocycles. The van der Waals surface area contributed by atoms with Crippen molar-refractivity contribution in [3.05, 3.63) is 65.2 Å². The van der Waals surface area contributed by atoms with Crippen molar-refractivity contribution < 1.29 is 9.21 Å². The summed E-state index contributed by atoms with van der Waals surface area (Å²) in [6.45, 7) is 4.65. The van der Waals surface area contributed by atoms with E-state index in [1.165, 1.54) is 5.56 Å². The first-order valence-electron chi connectivity index (χ1n) is 8.78. The maximum atomic E-state index is 12.3. The number of nitrogens with one attached hydrogen (secondary N) is 2. The summed E-state index contributed by atoms with van der Waals surface area (Å²) in [7, 11) is 0. The average Bonchev–Trinajstić information content (AvgIpc) is 3.22. The first-order valence-corrected chi connectivity index (χ1v) is 8.78. The number of carbonyl (C=O) groups excluding carboxylic acids is 1. The van der Waals surface area contributed by atoms with Crippen molar-refractivity contribution in [1.29, 1.82) is 0 Å². The highest BCUT2D eigenvalue weighted by Crippen LogP contribution is 2.26. The predicted molar refractivity (Wildman–Crippen MR) is 102 cm³/mol. The second kappa shape index (κ2) is 6.67. The largest absolute Gasteiger partial charge is 0.464 e. The van der Waals surface area contributed by atoms with E-state index in [0.717, 1.165) is 39.0 Å².